The molecule has 9 heteroatoms. The van der Waals surface area contributed by atoms with E-state index in [1.807, 2.05) is 19.1 Å². The number of amidine groups is 1. The van der Waals surface area contributed by atoms with Crippen LogP contribution in [0, 0.1) is 29.0 Å². The van der Waals surface area contributed by atoms with Crippen molar-refractivity contribution >= 4 is 35.2 Å². The number of rotatable bonds is 3. The largest absolute Gasteiger partial charge is 0.306 e. The standard InChI is InChI=1S/C21H22ClFN6O/c1-28(2)14-4-6-17(12(9-14)11-24)29-18-7-8-25-21(30)19(18)20(27-29)26-13-3-5-15(22)16(23)10-13/h3,5,7-8,10,12,14,17,19H,4,6,9H2,1-2H3,(H,26,27)/t12-,14+,17+,19?/m1/s1. The number of nitrogens with zero attached hydrogens (tertiary/aromatic N) is 5. The SMILES string of the molecule is CN(C)[C@H]1CC[C@H](N2NC(=Nc3ccc(Cl)c(F)c3)C3C(=O)N=CC=C32)[C@@H](C#N)C1. The van der Waals surface area contributed by atoms with E-state index in [-0.39, 0.29) is 22.9 Å². The molecule has 4 atom stereocenters. The predicted molar refractivity (Wildman–Crippen MR) is 113 cm³/mol. The number of hydrazine groups is 1. The van der Waals surface area contributed by atoms with Gasteiger partial charge in [0.2, 0.25) is 0 Å². The average Bonchev–Trinajstić information content (AvgIpc) is 3.09. The Hall–Kier alpha value is -2.76. The van der Waals surface area contributed by atoms with E-state index in [2.05, 4.69) is 26.4 Å². The summed E-state index contributed by atoms with van der Waals surface area (Å²) in [6.45, 7) is 0. The van der Waals surface area contributed by atoms with Crippen LogP contribution in [0.15, 0.2) is 40.0 Å². The first-order chi connectivity index (χ1) is 14.4. The highest BCUT2D eigenvalue weighted by Gasteiger charge is 2.46. The topological polar surface area (TPSA) is 84.1 Å². The number of fused-ring (bicyclic) bond motifs is 1. The summed E-state index contributed by atoms with van der Waals surface area (Å²) < 4.78 is 13.9. The van der Waals surface area contributed by atoms with Crippen LogP contribution in [0.3, 0.4) is 0 Å². The van der Waals surface area contributed by atoms with Gasteiger partial charge in [0.25, 0.3) is 5.91 Å². The molecule has 0 spiro atoms. The first-order valence-corrected chi connectivity index (χ1v) is 10.2. The van der Waals surface area contributed by atoms with Crippen LogP contribution < -0.4 is 5.43 Å². The number of allylic oxidation sites excluding steroid dienone is 1. The minimum Gasteiger partial charge on any atom is -0.306 e. The normalized spacial score (nSPS) is 29.6. The van der Waals surface area contributed by atoms with Gasteiger partial charge in [-0.05, 0) is 51.6 Å². The summed E-state index contributed by atoms with van der Waals surface area (Å²) >= 11 is 5.76. The van der Waals surface area contributed by atoms with Crippen molar-refractivity contribution < 1.29 is 9.18 Å². The van der Waals surface area contributed by atoms with Gasteiger partial charge in [0.1, 0.15) is 17.6 Å². The van der Waals surface area contributed by atoms with Gasteiger partial charge in [0.05, 0.1) is 34.4 Å². The molecule has 0 bridgehead atoms. The lowest BCUT2D eigenvalue weighted by Crippen LogP contribution is -2.50. The molecule has 4 rings (SSSR count). The van der Waals surface area contributed by atoms with Gasteiger partial charge in [-0.2, -0.15) is 5.26 Å². The number of hydrogen-bond donors (Lipinski definition) is 1. The lowest BCUT2D eigenvalue weighted by atomic mass is 9.81. The van der Waals surface area contributed by atoms with Crippen LogP contribution in [0.5, 0.6) is 0 Å². The van der Waals surface area contributed by atoms with Crippen molar-refractivity contribution in [3.63, 3.8) is 0 Å². The molecule has 1 saturated heterocycles. The second-order valence-corrected chi connectivity index (χ2v) is 8.36. The number of dihydropyridines is 1. The molecule has 2 fully saturated rings. The van der Waals surface area contributed by atoms with Gasteiger partial charge in [-0.15, -0.1) is 0 Å². The molecular formula is C21H22ClFN6O. The molecule has 30 heavy (non-hydrogen) atoms. The van der Waals surface area contributed by atoms with Gasteiger partial charge in [0.15, 0.2) is 0 Å². The summed E-state index contributed by atoms with van der Waals surface area (Å²) in [5.74, 6) is -1.45. The fourth-order valence-corrected chi connectivity index (χ4v) is 4.44. The maximum Gasteiger partial charge on any atom is 0.262 e. The molecule has 1 aromatic carbocycles. The first kappa shape index (κ1) is 20.5. The van der Waals surface area contributed by atoms with Gasteiger partial charge in [0, 0.05) is 18.3 Å². The van der Waals surface area contributed by atoms with Gasteiger partial charge in [-0.25, -0.2) is 14.4 Å². The number of aliphatic imine (C=N–C) groups is 2. The van der Waals surface area contributed by atoms with Gasteiger partial charge >= 0.3 is 0 Å². The maximum absolute atomic E-state index is 13.9. The highest BCUT2D eigenvalue weighted by atomic mass is 35.5. The summed E-state index contributed by atoms with van der Waals surface area (Å²) in [5, 5.41) is 11.7. The van der Waals surface area contributed by atoms with Crippen LogP contribution in [0.1, 0.15) is 19.3 Å². The summed E-state index contributed by atoms with van der Waals surface area (Å²) in [4.78, 5) is 23.1. The molecule has 1 saturated carbocycles. The quantitative estimate of drug-likeness (QED) is 0.799. The Morgan fingerprint density at radius 1 is 1.40 bits per heavy atom. The molecule has 1 amide bonds. The summed E-state index contributed by atoms with van der Waals surface area (Å²) in [6.07, 6.45) is 5.74. The second-order valence-electron chi connectivity index (χ2n) is 7.95. The van der Waals surface area contributed by atoms with Crippen molar-refractivity contribution in [2.45, 2.75) is 31.3 Å². The molecule has 3 aliphatic rings. The molecule has 2 aliphatic heterocycles. The Kier molecular flexibility index (Phi) is 5.58. The van der Waals surface area contributed by atoms with E-state index < -0.39 is 11.7 Å². The summed E-state index contributed by atoms with van der Waals surface area (Å²) in [6, 6.07) is 6.92. The Labute approximate surface area is 179 Å². The van der Waals surface area contributed by atoms with Crippen molar-refractivity contribution in [1.29, 1.82) is 5.26 Å². The number of amides is 1. The van der Waals surface area contributed by atoms with E-state index in [1.165, 1.54) is 18.3 Å². The Balaban J connectivity index is 1.67. The third-order valence-electron chi connectivity index (χ3n) is 5.94. The Morgan fingerprint density at radius 3 is 2.90 bits per heavy atom. The maximum atomic E-state index is 13.9. The molecule has 1 aromatic rings. The molecule has 7 nitrogen and oxygen atoms in total. The van der Waals surface area contributed by atoms with Crippen LogP contribution in [-0.4, -0.2) is 54.0 Å². The van der Waals surface area contributed by atoms with Crippen molar-refractivity contribution in [1.82, 2.24) is 15.3 Å². The third-order valence-corrected chi connectivity index (χ3v) is 6.25. The molecule has 156 valence electrons. The lowest BCUT2D eigenvalue weighted by Gasteiger charge is -2.41. The fraction of sp³-hybridized carbons (Fsp3) is 0.429. The van der Waals surface area contributed by atoms with E-state index in [9.17, 15) is 14.4 Å². The van der Waals surface area contributed by atoms with E-state index in [1.54, 1.807) is 12.1 Å². The zero-order chi connectivity index (χ0) is 21.4. The number of benzene rings is 1. The van der Waals surface area contributed by atoms with Crippen LogP contribution in [-0.2, 0) is 4.79 Å². The van der Waals surface area contributed by atoms with E-state index in [0.29, 0.717) is 17.6 Å². The van der Waals surface area contributed by atoms with Gasteiger partial charge < -0.3 is 4.90 Å². The lowest BCUT2D eigenvalue weighted by molar-refractivity contribution is -0.119. The molecular weight excluding hydrogens is 407 g/mol. The van der Waals surface area contributed by atoms with Crippen LogP contribution >= 0.6 is 11.6 Å². The minimum atomic E-state index is -0.695. The molecule has 1 aliphatic carbocycles. The number of carbonyl (C=O) groups is 1. The zero-order valence-electron chi connectivity index (χ0n) is 16.7. The highest BCUT2D eigenvalue weighted by Crippen LogP contribution is 2.37. The van der Waals surface area contributed by atoms with Gasteiger partial charge in [-0.1, -0.05) is 11.6 Å². The van der Waals surface area contributed by atoms with Crippen LogP contribution in [0.25, 0.3) is 0 Å². The van der Waals surface area contributed by atoms with Crippen molar-refractivity contribution in [3.05, 3.63) is 40.8 Å². The number of hydrogen-bond acceptors (Lipinski definition) is 5. The van der Waals surface area contributed by atoms with Crippen LogP contribution in [0.2, 0.25) is 5.02 Å². The summed E-state index contributed by atoms with van der Waals surface area (Å²) in [7, 11) is 4.05. The van der Waals surface area contributed by atoms with Crippen molar-refractivity contribution in [2.24, 2.45) is 21.8 Å². The smallest absolute Gasteiger partial charge is 0.262 e. The monoisotopic (exact) mass is 428 g/mol. The van der Waals surface area contributed by atoms with E-state index in [0.717, 1.165) is 25.0 Å². The molecule has 0 radical (unpaired) electrons. The third kappa shape index (κ3) is 3.71. The predicted octanol–water partition coefficient (Wildman–Crippen LogP) is 3.06. The number of carbonyl (C=O) groups excluding carboxylic acids is 1. The number of nitriles is 1. The first-order valence-electron chi connectivity index (χ1n) is 9.82. The average molecular weight is 429 g/mol. The number of halogens is 2. The molecule has 0 aromatic heterocycles. The number of nitrogens with one attached hydrogen (secondary N) is 1. The highest BCUT2D eigenvalue weighted by molar-refractivity contribution is 6.30. The Bertz CT molecular complexity index is 998. The minimum absolute atomic E-state index is 0.00778. The van der Waals surface area contributed by atoms with Crippen LogP contribution in [0.4, 0.5) is 10.1 Å². The fourth-order valence-electron chi connectivity index (χ4n) is 4.32. The molecule has 1 unspecified atom stereocenters. The zero-order valence-corrected chi connectivity index (χ0v) is 17.5. The molecule has 1 N–H and O–H groups in total. The molecule has 2 heterocycles. The van der Waals surface area contributed by atoms with Crippen molar-refractivity contribution in [3.8, 4) is 6.07 Å². The Morgan fingerprint density at radius 2 is 2.20 bits per heavy atom. The van der Waals surface area contributed by atoms with E-state index >= 15 is 0 Å². The second kappa shape index (κ2) is 8.17. The van der Waals surface area contributed by atoms with Gasteiger partial charge in [-0.3, -0.25) is 15.2 Å². The summed E-state index contributed by atoms with van der Waals surface area (Å²) in [5.41, 5.74) is 4.28. The van der Waals surface area contributed by atoms with Crippen molar-refractivity contribution in [2.75, 3.05) is 14.1 Å². The van der Waals surface area contributed by atoms with E-state index in [4.69, 9.17) is 11.6 Å².